The molecule has 110 valence electrons. The minimum Gasteiger partial charge on any atom is -0.399 e. The quantitative estimate of drug-likeness (QED) is 0.632. The molecule has 0 spiro atoms. The zero-order valence-corrected chi connectivity index (χ0v) is 13.8. The Kier molecular flexibility index (Phi) is 4.18. The number of halogens is 1. The van der Waals surface area contributed by atoms with Gasteiger partial charge in [0.25, 0.3) is 0 Å². The van der Waals surface area contributed by atoms with Gasteiger partial charge in [-0.1, -0.05) is 11.6 Å². The Labute approximate surface area is 126 Å². The second-order valence-corrected chi connectivity index (χ2v) is 6.92. The molecule has 0 aliphatic carbocycles. The fraction of sp³-hybridized carbons (Fsp3) is 0.643. The van der Waals surface area contributed by atoms with E-state index in [1.807, 2.05) is 47.9 Å². The van der Waals surface area contributed by atoms with E-state index in [9.17, 15) is 0 Å². The van der Waals surface area contributed by atoms with Crippen LogP contribution in [0.15, 0.2) is 12.3 Å². The Morgan fingerprint density at radius 1 is 1.20 bits per heavy atom. The lowest BCUT2D eigenvalue weighted by atomic mass is 9.76. The van der Waals surface area contributed by atoms with Gasteiger partial charge in [0.05, 0.1) is 11.2 Å². The van der Waals surface area contributed by atoms with Crippen LogP contribution in [0.25, 0.3) is 0 Å². The molecule has 2 heterocycles. The number of aromatic nitrogens is 1. The van der Waals surface area contributed by atoms with Gasteiger partial charge in [-0.05, 0) is 58.9 Å². The van der Waals surface area contributed by atoms with Crippen LogP contribution in [0.2, 0.25) is 5.15 Å². The first kappa shape index (κ1) is 15.8. The predicted molar refractivity (Wildman–Crippen MR) is 82.4 cm³/mol. The molecular formula is C14H22BClN2O2. The lowest BCUT2D eigenvalue weighted by Gasteiger charge is -2.32. The Morgan fingerprint density at radius 2 is 1.75 bits per heavy atom. The van der Waals surface area contributed by atoms with E-state index in [4.69, 9.17) is 20.9 Å². The van der Waals surface area contributed by atoms with Crippen molar-refractivity contribution < 1.29 is 9.31 Å². The molecule has 4 nitrogen and oxygen atoms in total. The fourth-order valence-corrected chi connectivity index (χ4v) is 2.30. The van der Waals surface area contributed by atoms with Crippen molar-refractivity contribution in [1.29, 1.82) is 0 Å². The highest BCUT2D eigenvalue weighted by molar-refractivity contribution is 6.63. The summed E-state index contributed by atoms with van der Waals surface area (Å²) in [5, 5.41) is 0.456. The van der Waals surface area contributed by atoms with Crippen molar-refractivity contribution in [3.05, 3.63) is 23.0 Å². The monoisotopic (exact) mass is 296 g/mol. The largest absolute Gasteiger partial charge is 0.495 e. The molecule has 1 fully saturated rings. The number of hydrogen-bond acceptors (Lipinski definition) is 4. The first-order chi connectivity index (χ1) is 9.12. The number of nitrogens with zero attached hydrogens (tertiary/aromatic N) is 2. The topological polar surface area (TPSA) is 34.6 Å². The van der Waals surface area contributed by atoms with E-state index in [1.54, 1.807) is 6.20 Å². The zero-order valence-electron chi connectivity index (χ0n) is 13.0. The van der Waals surface area contributed by atoms with Crippen molar-refractivity contribution in [2.75, 3.05) is 14.1 Å². The third-order valence-electron chi connectivity index (χ3n) is 3.98. The minimum atomic E-state index is -0.407. The van der Waals surface area contributed by atoms with Crippen molar-refractivity contribution in [2.24, 2.45) is 0 Å². The van der Waals surface area contributed by atoms with Crippen LogP contribution in [0.5, 0.6) is 0 Å². The molecule has 0 bridgehead atoms. The molecule has 1 aromatic heterocycles. The third kappa shape index (κ3) is 3.01. The van der Waals surface area contributed by atoms with Gasteiger partial charge in [-0.2, -0.15) is 0 Å². The molecule has 0 saturated carbocycles. The van der Waals surface area contributed by atoms with Gasteiger partial charge < -0.3 is 14.2 Å². The van der Waals surface area contributed by atoms with Gasteiger partial charge in [0.1, 0.15) is 5.15 Å². The smallest absolute Gasteiger partial charge is 0.399 e. The average Bonchev–Trinajstić information content (AvgIpc) is 2.50. The van der Waals surface area contributed by atoms with Gasteiger partial charge in [-0.3, -0.25) is 0 Å². The summed E-state index contributed by atoms with van der Waals surface area (Å²) in [5.41, 5.74) is 1.31. The normalized spacial score (nSPS) is 20.7. The van der Waals surface area contributed by atoms with Gasteiger partial charge in [-0.15, -0.1) is 0 Å². The van der Waals surface area contributed by atoms with Crippen LogP contribution < -0.4 is 5.46 Å². The third-order valence-corrected chi connectivity index (χ3v) is 4.19. The first-order valence-electron chi connectivity index (χ1n) is 6.77. The summed E-state index contributed by atoms with van der Waals surface area (Å²) in [6.07, 6.45) is 1.79. The van der Waals surface area contributed by atoms with Crippen molar-refractivity contribution >= 4 is 24.2 Å². The van der Waals surface area contributed by atoms with Crippen LogP contribution in [-0.4, -0.2) is 42.3 Å². The SMILES string of the molecule is CN(C)Cc1cnc(Cl)cc1B1OC(C)(C)C(C)(C)O1. The molecule has 0 unspecified atom stereocenters. The van der Waals surface area contributed by atoms with E-state index in [0.717, 1.165) is 17.6 Å². The van der Waals surface area contributed by atoms with E-state index >= 15 is 0 Å². The molecule has 0 amide bonds. The van der Waals surface area contributed by atoms with Crippen LogP contribution in [-0.2, 0) is 15.9 Å². The predicted octanol–water partition coefficient (Wildman–Crippen LogP) is 2.10. The Balaban J connectivity index is 2.36. The maximum Gasteiger partial charge on any atom is 0.495 e. The van der Waals surface area contributed by atoms with E-state index in [1.165, 1.54) is 0 Å². The molecule has 2 rings (SSSR count). The molecule has 1 saturated heterocycles. The molecule has 0 N–H and O–H groups in total. The Hall–Kier alpha value is -0.615. The second kappa shape index (κ2) is 5.30. The fourth-order valence-electron chi connectivity index (χ4n) is 2.13. The maximum absolute atomic E-state index is 6.10. The summed E-state index contributed by atoms with van der Waals surface area (Å²) < 4.78 is 12.2. The van der Waals surface area contributed by atoms with E-state index in [-0.39, 0.29) is 11.2 Å². The van der Waals surface area contributed by atoms with Crippen molar-refractivity contribution in [2.45, 2.75) is 45.4 Å². The van der Waals surface area contributed by atoms with Gasteiger partial charge in [0.15, 0.2) is 0 Å². The van der Waals surface area contributed by atoms with Crippen LogP contribution in [0.1, 0.15) is 33.3 Å². The van der Waals surface area contributed by atoms with E-state index in [2.05, 4.69) is 9.88 Å². The number of hydrogen-bond donors (Lipinski definition) is 0. The summed E-state index contributed by atoms with van der Waals surface area (Å²) in [7, 11) is 3.63. The van der Waals surface area contributed by atoms with Crippen molar-refractivity contribution in [1.82, 2.24) is 9.88 Å². The summed E-state index contributed by atoms with van der Waals surface area (Å²) in [6, 6.07) is 1.84. The van der Waals surface area contributed by atoms with Gasteiger partial charge >= 0.3 is 7.12 Å². The Bertz CT molecular complexity index is 490. The molecule has 1 aliphatic rings. The molecule has 1 aliphatic heterocycles. The lowest BCUT2D eigenvalue weighted by molar-refractivity contribution is 0.00578. The van der Waals surface area contributed by atoms with E-state index in [0.29, 0.717) is 5.15 Å². The standard InChI is InChI=1S/C14H22BClN2O2/c1-13(2)14(3,4)20-15(19-13)11-7-12(16)17-8-10(11)9-18(5)6/h7-8H,9H2,1-6H3. The number of rotatable bonds is 3. The summed E-state index contributed by atoms with van der Waals surface area (Å²) in [6.45, 7) is 8.94. The van der Waals surface area contributed by atoms with Crippen LogP contribution in [0, 0.1) is 0 Å². The second-order valence-electron chi connectivity index (χ2n) is 6.53. The summed E-state index contributed by atoms with van der Waals surface area (Å²) >= 11 is 6.04. The Morgan fingerprint density at radius 3 is 2.25 bits per heavy atom. The molecule has 0 aromatic carbocycles. The van der Waals surface area contributed by atoms with Crippen LogP contribution in [0.3, 0.4) is 0 Å². The number of pyridine rings is 1. The highest BCUT2D eigenvalue weighted by atomic mass is 35.5. The summed E-state index contributed by atoms with van der Waals surface area (Å²) in [4.78, 5) is 6.25. The zero-order chi connectivity index (χ0) is 15.1. The van der Waals surface area contributed by atoms with Gasteiger partial charge in [0, 0.05) is 12.7 Å². The van der Waals surface area contributed by atoms with Crippen molar-refractivity contribution in [3.8, 4) is 0 Å². The van der Waals surface area contributed by atoms with Crippen LogP contribution in [0.4, 0.5) is 0 Å². The molecule has 6 heteroatoms. The lowest BCUT2D eigenvalue weighted by Crippen LogP contribution is -2.41. The average molecular weight is 297 g/mol. The van der Waals surface area contributed by atoms with Gasteiger partial charge in [0.2, 0.25) is 0 Å². The first-order valence-corrected chi connectivity index (χ1v) is 7.15. The maximum atomic E-state index is 6.10. The van der Waals surface area contributed by atoms with Crippen LogP contribution >= 0.6 is 11.6 Å². The molecule has 0 atom stereocenters. The van der Waals surface area contributed by atoms with Crippen molar-refractivity contribution in [3.63, 3.8) is 0 Å². The van der Waals surface area contributed by atoms with E-state index < -0.39 is 7.12 Å². The highest BCUT2D eigenvalue weighted by Gasteiger charge is 2.52. The molecular weight excluding hydrogens is 274 g/mol. The molecule has 20 heavy (non-hydrogen) atoms. The molecule has 0 radical (unpaired) electrons. The highest BCUT2D eigenvalue weighted by Crippen LogP contribution is 2.36. The summed E-state index contributed by atoms with van der Waals surface area (Å²) in [5.74, 6) is 0. The van der Waals surface area contributed by atoms with Gasteiger partial charge in [-0.25, -0.2) is 4.98 Å². The molecule has 1 aromatic rings. The minimum absolute atomic E-state index is 0.358.